The first kappa shape index (κ1) is 16.6. The number of benzene rings is 1. The van der Waals surface area contributed by atoms with Crippen molar-refractivity contribution in [2.24, 2.45) is 0 Å². The van der Waals surface area contributed by atoms with Gasteiger partial charge >= 0.3 is 11.9 Å². The molecule has 0 radical (unpaired) electrons. The molecule has 0 fully saturated rings. The van der Waals surface area contributed by atoms with Crippen LogP contribution in [0.4, 0.5) is 0 Å². The van der Waals surface area contributed by atoms with Gasteiger partial charge in [-0.2, -0.15) is 0 Å². The van der Waals surface area contributed by atoms with Crippen LogP contribution in [0.25, 0.3) is 0 Å². The maximum absolute atomic E-state index is 11.8. The molecule has 1 atom stereocenters. The molecule has 120 valence electrons. The lowest BCUT2D eigenvalue weighted by Crippen LogP contribution is -2.32. The summed E-state index contributed by atoms with van der Waals surface area (Å²) in [5.74, 6) is -1.01. The molecular weight excluding hydrogens is 296 g/mol. The van der Waals surface area contributed by atoms with E-state index in [-0.39, 0.29) is 13.0 Å². The summed E-state index contributed by atoms with van der Waals surface area (Å²) in [7, 11) is 0. The summed E-state index contributed by atoms with van der Waals surface area (Å²) in [5, 5.41) is 11.9. The lowest BCUT2D eigenvalue weighted by atomic mass is 10.1. The average molecular weight is 314 g/mol. The highest BCUT2D eigenvalue weighted by molar-refractivity contribution is 5.74. The quantitative estimate of drug-likeness (QED) is 0.601. The summed E-state index contributed by atoms with van der Waals surface area (Å²) in [6, 6.07) is 13.5. The molecule has 1 aromatic heterocycles. The molecule has 2 N–H and O–H groups in total. The number of carbonyl (C=O) groups excluding carboxylic acids is 1. The normalized spacial score (nSPS) is 11.7. The van der Waals surface area contributed by atoms with E-state index in [0.717, 1.165) is 5.69 Å². The van der Waals surface area contributed by atoms with Gasteiger partial charge in [0.05, 0.1) is 24.7 Å². The van der Waals surface area contributed by atoms with Gasteiger partial charge in [0.25, 0.3) is 0 Å². The van der Waals surface area contributed by atoms with Gasteiger partial charge in [-0.3, -0.25) is 19.9 Å². The Kier molecular flexibility index (Phi) is 5.82. The zero-order chi connectivity index (χ0) is 16.7. The second-order valence-electron chi connectivity index (χ2n) is 5.02. The molecule has 6 heteroatoms. The topological polar surface area (TPSA) is 88.5 Å². The van der Waals surface area contributed by atoms with Crippen LogP contribution < -0.4 is 10.1 Å². The summed E-state index contributed by atoms with van der Waals surface area (Å²) in [5.41, 5.74) is 1.37. The van der Waals surface area contributed by atoms with E-state index in [1.165, 1.54) is 0 Å². The Morgan fingerprint density at radius 3 is 2.57 bits per heavy atom. The van der Waals surface area contributed by atoms with Gasteiger partial charge in [0.1, 0.15) is 5.75 Å². The first-order valence-corrected chi connectivity index (χ1v) is 7.19. The molecule has 1 heterocycles. The summed E-state index contributed by atoms with van der Waals surface area (Å²) < 4.78 is 5.16. The van der Waals surface area contributed by atoms with Crippen LogP contribution in [0.15, 0.2) is 48.5 Å². The summed E-state index contributed by atoms with van der Waals surface area (Å²) in [6.07, 6.45) is -0.172. The average Bonchev–Trinajstić information content (AvgIpc) is 2.52. The van der Waals surface area contributed by atoms with Crippen molar-refractivity contribution in [2.75, 3.05) is 6.54 Å². The van der Waals surface area contributed by atoms with E-state index < -0.39 is 18.0 Å². The van der Waals surface area contributed by atoms with E-state index in [0.29, 0.717) is 11.4 Å². The molecule has 1 aromatic carbocycles. The number of esters is 1. The number of pyridine rings is 1. The molecular formula is C17H18N2O4. The highest BCUT2D eigenvalue weighted by Gasteiger charge is 2.18. The molecule has 0 aliphatic rings. The van der Waals surface area contributed by atoms with Gasteiger partial charge in [-0.1, -0.05) is 24.3 Å². The van der Waals surface area contributed by atoms with E-state index in [4.69, 9.17) is 9.84 Å². The molecule has 23 heavy (non-hydrogen) atoms. The van der Waals surface area contributed by atoms with Crippen LogP contribution in [0.1, 0.15) is 23.9 Å². The Bertz CT molecular complexity index is 673. The summed E-state index contributed by atoms with van der Waals surface area (Å²) in [4.78, 5) is 27.2. The lowest BCUT2D eigenvalue weighted by Gasteiger charge is -2.16. The number of ether oxygens (including phenoxy) is 1. The summed E-state index contributed by atoms with van der Waals surface area (Å²) in [6.45, 7) is 1.72. The van der Waals surface area contributed by atoms with Crippen LogP contribution >= 0.6 is 0 Å². The number of carboxylic acids is 1. The highest BCUT2D eigenvalue weighted by Crippen LogP contribution is 2.15. The minimum absolute atomic E-state index is 0.109. The molecule has 1 unspecified atom stereocenters. The van der Waals surface area contributed by atoms with Gasteiger partial charge in [0, 0.05) is 5.69 Å². The second kappa shape index (κ2) is 8.05. The molecule has 0 aliphatic heterocycles. The van der Waals surface area contributed by atoms with Crippen molar-refractivity contribution in [1.82, 2.24) is 10.3 Å². The van der Waals surface area contributed by atoms with Crippen molar-refractivity contribution in [1.29, 1.82) is 0 Å². The van der Waals surface area contributed by atoms with Gasteiger partial charge < -0.3 is 9.84 Å². The van der Waals surface area contributed by atoms with Gasteiger partial charge in [-0.15, -0.1) is 0 Å². The zero-order valence-electron chi connectivity index (χ0n) is 12.7. The maximum Gasteiger partial charge on any atom is 0.325 e. The Labute approximate surface area is 134 Å². The van der Waals surface area contributed by atoms with Crippen molar-refractivity contribution >= 4 is 11.9 Å². The van der Waals surface area contributed by atoms with Crippen LogP contribution in [-0.4, -0.2) is 28.6 Å². The SMILES string of the molecule is Cc1cccc(C(CC(=O)O)NCC(=O)Oc2ccccc2)n1. The van der Waals surface area contributed by atoms with Crippen LogP contribution in [-0.2, 0) is 9.59 Å². The first-order valence-electron chi connectivity index (χ1n) is 7.19. The molecule has 0 amide bonds. The maximum atomic E-state index is 11.8. The lowest BCUT2D eigenvalue weighted by molar-refractivity contribution is -0.138. The monoisotopic (exact) mass is 314 g/mol. The highest BCUT2D eigenvalue weighted by atomic mass is 16.5. The molecule has 0 saturated carbocycles. The number of para-hydroxylation sites is 1. The molecule has 2 aromatic rings. The van der Waals surface area contributed by atoms with Crippen LogP contribution in [0.3, 0.4) is 0 Å². The minimum atomic E-state index is -0.970. The predicted molar refractivity (Wildman–Crippen MR) is 84.0 cm³/mol. The summed E-state index contributed by atoms with van der Waals surface area (Å²) >= 11 is 0. The first-order chi connectivity index (χ1) is 11.0. The van der Waals surface area contributed by atoms with Crippen molar-refractivity contribution < 1.29 is 19.4 Å². The smallest absolute Gasteiger partial charge is 0.325 e. The molecule has 0 spiro atoms. The third-order valence-electron chi connectivity index (χ3n) is 3.11. The number of aryl methyl sites for hydroxylation is 1. The van der Waals surface area contributed by atoms with Crippen molar-refractivity contribution in [3.05, 3.63) is 59.9 Å². The number of hydrogen-bond acceptors (Lipinski definition) is 5. The largest absolute Gasteiger partial charge is 0.481 e. The van der Waals surface area contributed by atoms with Gasteiger partial charge in [-0.25, -0.2) is 0 Å². The third-order valence-corrected chi connectivity index (χ3v) is 3.11. The standard InChI is InChI=1S/C17H18N2O4/c1-12-6-5-9-14(19-12)15(10-16(20)21)18-11-17(22)23-13-7-3-2-4-8-13/h2-9,15,18H,10-11H2,1H3,(H,20,21). The van der Waals surface area contributed by atoms with Gasteiger partial charge in [-0.05, 0) is 31.2 Å². The van der Waals surface area contributed by atoms with E-state index in [1.54, 1.807) is 36.4 Å². The van der Waals surface area contributed by atoms with E-state index in [1.807, 2.05) is 19.1 Å². The number of rotatable bonds is 7. The number of nitrogens with one attached hydrogen (secondary N) is 1. The van der Waals surface area contributed by atoms with E-state index in [9.17, 15) is 9.59 Å². The molecule has 0 aliphatic carbocycles. The fraction of sp³-hybridized carbons (Fsp3) is 0.235. The van der Waals surface area contributed by atoms with Crippen LogP contribution in [0, 0.1) is 6.92 Å². The van der Waals surface area contributed by atoms with Crippen molar-refractivity contribution in [2.45, 2.75) is 19.4 Å². The number of carboxylic acid groups (broad SMARTS) is 1. The van der Waals surface area contributed by atoms with Crippen molar-refractivity contribution in [3.8, 4) is 5.75 Å². The Hall–Kier alpha value is -2.73. The molecule has 6 nitrogen and oxygen atoms in total. The van der Waals surface area contributed by atoms with Gasteiger partial charge in [0.2, 0.25) is 0 Å². The fourth-order valence-electron chi connectivity index (χ4n) is 2.08. The molecule has 0 bridgehead atoms. The third kappa shape index (κ3) is 5.52. The number of nitrogens with zero attached hydrogens (tertiary/aromatic N) is 1. The van der Waals surface area contributed by atoms with E-state index in [2.05, 4.69) is 10.3 Å². The van der Waals surface area contributed by atoms with E-state index >= 15 is 0 Å². The number of hydrogen-bond donors (Lipinski definition) is 2. The minimum Gasteiger partial charge on any atom is -0.481 e. The number of carbonyl (C=O) groups is 2. The van der Waals surface area contributed by atoms with Gasteiger partial charge in [0.15, 0.2) is 0 Å². The molecule has 2 rings (SSSR count). The van der Waals surface area contributed by atoms with Crippen LogP contribution in [0.2, 0.25) is 0 Å². The predicted octanol–water partition coefficient (Wildman–Crippen LogP) is 2.10. The Balaban J connectivity index is 1.98. The number of aromatic nitrogens is 1. The van der Waals surface area contributed by atoms with Crippen molar-refractivity contribution in [3.63, 3.8) is 0 Å². The zero-order valence-corrected chi connectivity index (χ0v) is 12.7. The molecule has 0 saturated heterocycles. The van der Waals surface area contributed by atoms with Crippen LogP contribution in [0.5, 0.6) is 5.75 Å². The Morgan fingerprint density at radius 2 is 1.91 bits per heavy atom. The Morgan fingerprint density at radius 1 is 1.17 bits per heavy atom. The fourth-order valence-corrected chi connectivity index (χ4v) is 2.08. The number of aliphatic carboxylic acids is 1. The second-order valence-corrected chi connectivity index (χ2v) is 5.02.